The van der Waals surface area contributed by atoms with Gasteiger partial charge in [-0.05, 0) is 65.4 Å². The topological polar surface area (TPSA) is 46.5 Å². The van der Waals surface area contributed by atoms with Crippen LogP contribution in [0.25, 0.3) is 33.4 Å². The van der Waals surface area contributed by atoms with Crippen molar-refractivity contribution in [2.75, 3.05) is 0 Å². The zero-order valence-electron chi connectivity index (χ0n) is 20.1. The van der Waals surface area contributed by atoms with Gasteiger partial charge in [0.2, 0.25) is 0 Å². The lowest BCUT2D eigenvalue weighted by molar-refractivity contribution is -0.140. The fourth-order valence-electron chi connectivity index (χ4n) is 3.94. The molecule has 5 heteroatoms. The SMILES string of the molecule is C=C(C)C(=O)OCc1cc(-c2ccc(-c3ccc(-c4ccc(C)cc4)cc3F)cc2F)ccc1CO. The van der Waals surface area contributed by atoms with Crippen molar-refractivity contribution >= 4 is 5.97 Å². The first-order valence-corrected chi connectivity index (χ1v) is 11.5. The van der Waals surface area contributed by atoms with Gasteiger partial charge in [-0.3, -0.25) is 0 Å². The fraction of sp³-hybridized carbons (Fsp3) is 0.129. The number of carbonyl (C=O) groups excluding carboxylic acids is 1. The van der Waals surface area contributed by atoms with E-state index in [0.717, 1.165) is 16.7 Å². The highest BCUT2D eigenvalue weighted by atomic mass is 19.1. The van der Waals surface area contributed by atoms with Crippen LogP contribution in [-0.4, -0.2) is 11.1 Å². The largest absolute Gasteiger partial charge is 0.457 e. The Bertz CT molecular complexity index is 1440. The molecule has 0 saturated carbocycles. The van der Waals surface area contributed by atoms with Gasteiger partial charge in [-0.25, -0.2) is 13.6 Å². The number of aliphatic hydroxyl groups is 1. The number of aryl methyl sites for hydroxylation is 1. The number of aliphatic hydroxyl groups excluding tert-OH is 1. The van der Waals surface area contributed by atoms with Crippen molar-refractivity contribution in [1.82, 2.24) is 0 Å². The van der Waals surface area contributed by atoms with Crippen molar-refractivity contribution in [1.29, 1.82) is 0 Å². The molecule has 0 heterocycles. The van der Waals surface area contributed by atoms with Crippen molar-refractivity contribution < 1.29 is 23.4 Å². The molecule has 1 N–H and O–H groups in total. The lowest BCUT2D eigenvalue weighted by Crippen LogP contribution is -2.06. The Balaban J connectivity index is 1.62. The van der Waals surface area contributed by atoms with Crippen LogP contribution in [0.2, 0.25) is 0 Å². The minimum absolute atomic E-state index is 0.0757. The number of halogens is 2. The van der Waals surface area contributed by atoms with E-state index in [2.05, 4.69) is 6.58 Å². The number of hydrogen-bond donors (Lipinski definition) is 1. The zero-order valence-corrected chi connectivity index (χ0v) is 20.1. The maximum Gasteiger partial charge on any atom is 0.333 e. The number of carbonyl (C=O) groups is 1. The molecule has 4 aromatic rings. The maximum atomic E-state index is 15.2. The average molecular weight is 485 g/mol. The van der Waals surface area contributed by atoms with Crippen LogP contribution >= 0.6 is 0 Å². The van der Waals surface area contributed by atoms with Crippen molar-refractivity contribution in [3.63, 3.8) is 0 Å². The van der Waals surface area contributed by atoms with Gasteiger partial charge in [-0.15, -0.1) is 0 Å². The standard InChI is InChI=1S/C31H26F2O3/c1-19(2)31(35)36-18-26-14-23(8-9-25(26)17-34)27-13-11-24(16-30(27)33)28-12-10-22(15-29(28)32)21-6-4-20(3)5-7-21/h4-16,34H,1,17-18H2,2-3H3. The molecule has 4 aromatic carbocycles. The number of hydrogen-bond acceptors (Lipinski definition) is 3. The molecule has 0 aliphatic rings. The van der Waals surface area contributed by atoms with Crippen LogP contribution in [0.5, 0.6) is 0 Å². The molecule has 0 spiro atoms. The Morgan fingerprint density at radius 3 is 1.89 bits per heavy atom. The molecule has 4 rings (SSSR count). The van der Waals surface area contributed by atoms with Gasteiger partial charge >= 0.3 is 5.97 Å². The summed E-state index contributed by atoms with van der Waals surface area (Å²) < 4.78 is 35.4. The Morgan fingerprint density at radius 1 is 0.778 bits per heavy atom. The minimum Gasteiger partial charge on any atom is -0.457 e. The summed E-state index contributed by atoms with van der Waals surface area (Å²) in [6.07, 6.45) is 0. The van der Waals surface area contributed by atoms with Crippen LogP contribution in [0.15, 0.2) is 91.0 Å². The Hall–Kier alpha value is -4.09. The van der Waals surface area contributed by atoms with E-state index in [-0.39, 0.29) is 18.8 Å². The summed E-state index contributed by atoms with van der Waals surface area (Å²) in [5.41, 5.74) is 5.76. The van der Waals surface area contributed by atoms with Gasteiger partial charge in [0.05, 0.1) is 6.61 Å². The monoisotopic (exact) mass is 484 g/mol. The fourth-order valence-corrected chi connectivity index (χ4v) is 3.94. The molecular formula is C31H26F2O3. The molecule has 0 aliphatic carbocycles. The third-order valence-corrected chi connectivity index (χ3v) is 6.03. The van der Waals surface area contributed by atoms with Gasteiger partial charge in [0.1, 0.15) is 18.2 Å². The average Bonchev–Trinajstić information content (AvgIpc) is 2.87. The molecule has 182 valence electrons. The highest BCUT2D eigenvalue weighted by Crippen LogP contribution is 2.32. The molecule has 0 bridgehead atoms. The minimum atomic E-state index is -0.546. The summed E-state index contributed by atoms with van der Waals surface area (Å²) in [7, 11) is 0. The van der Waals surface area contributed by atoms with E-state index in [1.54, 1.807) is 43.3 Å². The Morgan fingerprint density at radius 2 is 1.31 bits per heavy atom. The lowest BCUT2D eigenvalue weighted by atomic mass is 9.95. The Kier molecular flexibility index (Phi) is 7.41. The predicted octanol–water partition coefficient (Wildman–Crippen LogP) is 7.39. The number of benzene rings is 4. The van der Waals surface area contributed by atoms with Gasteiger partial charge in [0.25, 0.3) is 0 Å². The molecule has 36 heavy (non-hydrogen) atoms. The van der Waals surface area contributed by atoms with Crippen LogP contribution in [0, 0.1) is 18.6 Å². The number of rotatable bonds is 7. The van der Waals surface area contributed by atoms with Crippen LogP contribution in [0.4, 0.5) is 8.78 Å². The van der Waals surface area contributed by atoms with Gasteiger partial charge in [-0.2, -0.15) is 0 Å². The first kappa shape index (κ1) is 25.0. The summed E-state index contributed by atoms with van der Waals surface area (Å²) in [5.74, 6) is -1.50. The molecule has 0 aromatic heterocycles. The van der Waals surface area contributed by atoms with Crippen molar-refractivity contribution in [3.8, 4) is 33.4 Å². The third-order valence-electron chi connectivity index (χ3n) is 6.03. The van der Waals surface area contributed by atoms with E-state index in [1.165, 1.54) is 12.1 Å². The van der Waals surface area contributed by atoms with Crippen molar-refractivity contribution in [2.24, 2.45) is 0 Å². The molecule has 0 fully saturated rings. The van der Waals surface area contributed by atoms with E-state index >= 15 is 8.78 Å². The zero-order chi connectivity index (χ0) is 25.8. The second-order valence-electron chi connectivity index (χ2n) is 8.75. The smallest absolute Gasteiger partial charge is 0.333 e. The van der Waals surface area contributed by atoms with Crippen LogP contribution in [0.3, 0.4) is 0 Å². The van der Waals surface area contributed by atoms with E-state index in [1.807, 2.05) is 37.3 Å². The molecular weight excluding hydrogens is 458 g/mol. The molecule has 0 amide bonds. The highest BCUT2D eigenvalue weighted by Gasteiger charge is 2.14. The van der Waals surface area contributed by atoms with Gasteiger partial charge in [0, 0.05) is 16.7 Å². The van der Waals surface area contributed by atoms with Gasteiger partial charge in [0.15, 0.2) is 0 Å². The summed E-state index contributed by atoms with van der Waals surface area (Å²) in [6, 6.07) is 22.3. The van der Waals surface area contributed by atoms with Crippen molar-refractivity contribution in [2.45, 2.75) is 27.1 Å². The molecule has 0 saturated heterocycles. The highest BCUT2D eigenvalue weighted by molar-refractivity contribution is 5.87. The van der Waals surface area contributed by atoms with Crippen LogP contribution in [-0.2, 0) is 22.7 Å². The second kappa shape index (κ2) is 10.7. The van der Waals surface area contributed by atoms with E-state index in [4.69, 9.17) is 4.74 Å². The molecule has 0 unspecified atom stereocenters. The summed E-state index contributed by atoms with van der Waals surface area (Å²) in [4.78, 5) is 11.8. The quantitative estimate of drug-likeness (QED) is 0.220. The molecule has 0 radical (unpaired) electrons. The normalized spacial score (nSPS) is 10.8. The molecule has 0 atom stereocenters. The molecule has 3 nitrogen and oxygen atoms in total. The third kappa shape index (κ3) is 5.42. The summed E-state index contributed by atoms with van der Waals surface area (Å²) in [6.45, 7) is 6.76. The molecule has 0 aliphatic heterocycles. The first-order chi connectivity index (χ1) is 17.3. The number of ether oxygens (including phenoxy) is 1. The van der Waals surface area contributed by atoms with Crippen molar-refractivity contribution in [3.05, 3.63) is 119 Å². The summed E-state index contributed by atoms with van der Waals surface area (Å²) in [5, 5.41) is 9.63. The second-order valence-corrected chi connectivity index (χ2v) is 8.75. The Labute approximate surface area is 209 Å². The van der Waals surface area contributed by atoms with Gasteiger partial charge < -0.3 is 9.84 Å². The van der Waals surface area contributed by atoms with E-state index < -0.39 is 17.6 Å². The predicted molar refractivity (Wildman–Crippen MR) is 138 cm³/mol. The summed E-state index contributed by atoms with van der Waals surface area (Å²) >= 11 is 0. The van der Waals surface area contributed by atoms with Crippen LogP contribution < -0.4 is 0 Å². The maximum absolute atomic E-state index is 15.2. The first-order valence-electron chi connectivity index (χ1n) is 11.5. The van der Waals surface area contributed by atoms with Gasteiger partial charge in [-0.1, -0.05) is 72.8 Å². The lowest BCUT2D eigenvalue weighted by Gasteiger charge is -2.13. The number of esters is 1. The van der Waals surface area contributed by atoms with E-state index in [9.17, 15) is 9.90 Å². The van der Waals surface area contributed by atoms with E-state index in [0.29, 0.717) is 33.4 Å². The van der Waals surface area contributed by atoms with Crippen LogP contribution in [0.1, 0.15) is 23.6 Å².